The lowest BCUT2D eigenvalue weighted by molar-refractivity contribution is -0.120. The number of sulfonamides is 1. The average molecular weight is 393 g/mol. The summed E-state index contributed by atoms with van der Waals surface area (Å²) >= 11 is 5.85. The number of anilines is 1. The summed E-state index contributed by atoms with van der Waals surface area (Å²) in [7, 11) is -3.59. The van der Waals surface area contributed by atoms with Gasteiger partial charge >= 0.3 is 0 Å². The standard InChI is InChI=1S/C19H21ClN2O3S/c1-14-4-10-18(11-5-14)26(24,25)22-12-2-3-15(13-22)19(23)21-17-8-6-16(20)7-9-17/h4-11,15H,2-3,12-13H2,1H3,(H,21,23)/t15-/m1/s1. The van der Waals surface area contributed by atoms with E-state index in [4.69, 9.17) is 11.6 Å². The highest BCUT2D eigenvalue weighted by atomic mass is 35.5. The number of piperidine rings is 1. The van der Waals surface area contributed by atoms with Gasteiger partial charge in [-0.15, -0.1) is 0 Å². The summed E-state index contributed by atoms with van der Waals surface area (Å²) in [5.41, 5.74) is 1.65. The Labute approximate surface area is 159 Å². The van der Waals surface area contributed by atoms with Crippen molar-refractivity contribution in [2.75, 3.05) is 18.4 Å². The molecule has 1 fully saturated rings. The SMILES string of the molecule is Cc1ccc(S(=O)(=O)N2CCC[C@@H](C(=O)Nc3ccc(Cl)cc3)C2)cc1. The van der Waals surface area contributed by atoms with Gasteiger partial charge in [0.2, 0.25) is 15.9 Å². The zero-order valence-corrected chi connectivity index (χ0v) is 16.1. The molecule has 2 aromatic rings. The quantitative estimate of drug-likeness (QED) is 0.862. The first-order valence-corrected chi connectivity index (χ1v) is 10.3. The van der Waals surface area contributed by atoms with Crippen molar-refractivity contribution in [3.63, 3.8) is 0 Å². The topological polar surface area (TPSA) is 66.5 Å². The van der Waals surface area contributed by atoms with Crippen molar-refractivity contribution in [2.24, 2.45) is 5.92 Å². The van der Waals surface area contributed by atoms with Crippen LogP contribution in [0, 0.1) is 12.8 Å². The molecule has 1 heterocycles. The Morgan fingerprint density at radius 2 is 1.77 bits per heavy atom. The normalized spacial score (nSPS) is 18.5. The zero-order chi connectivity index (χ0) is 18.7. The molecule has 0 aliphatic carbocycles. The third-order valence-corrected chi connectivity index (χ3v) is 6.66. The number of aryl methyl sites for hydroxylation is 1. The molecule has 0 spiro atoms. The Kier molecular flexibility index (Phi) is 5.65. The molecule has 26 heavy (non-hydrogen) atoms. The highest BCUT2D eigenvalue weighted by Gasteiger charge is 2.33. The van der Waals surface area contributed by atoms with E-state index in [9.17, 15) is 13.2 Å². The van der Waals surface area contributed by atoms with E-state index >= 15 is 0 Å². The predicted molar refractivity (Wildman–Crippen MR) is 103 cm³/mol. The smallest absolute Gasteiger partial charge is 0.243 e. The molecule has 0 radical (unpaired) electrons. The van der Waals surface area contributed by atoms with E-state index in [1.54, 1.807) is 48.5 Å². The molecule has 1 amide bonds. The lowest BCUT2D eigenvalue weighted by Gasteiger charge is -2.31. The van der Waals surface area contributed by atoms with Crippen molar-refractivity contribution in [1.82, 2.24) is 4.31 Å². The number of hydrogen-bond acceptors (Lipinski definition) is 3. The van der Waals surface area contributed by atoms with Gasteiger partial charge in [-0.1, -0.05) is 29.3 Å². The number of hydrogen-bond donors (Lipinski definition) is 1. The Morgan fingerprint density at radius 1 is 1.12 bits per heavy atom. The van der Waals surface area contributed by atoms with Crippen molar-refractivity contribution in [2.45, 2.75) is 24.7 Å². The van der Waals surface area contributed by atoms with Gasteiger partial charge in [-0.3, -0.25) is 4.79 Å². The Hall–Kier alpha value is -1.89. The summed E-state index contributed by atoms with van der Waals surface area (Å²) in [4.78, 5) is 12.8. The third-order valence-electron chi connectivity index (χ3n) is 4.53. The fourth-order valence-corrected chi connectivity index (χ4v) is 4.66. The molecule has 1 aliphatic heterocycles. The second-order valence-corrected chi connectivity index (χ2v) is 8.89. The molecule has 138 valence electrons. The lowest BCUT2D eigenvalue weighted by Crippen LogP contribution is -2.43. The molecule has 0 aromatic heterocycles. The number of carbonyl (C=O) groups is 1. The van der Waals surface area contributed by atoms with Crippen LogP contribution in [-0.2, 0) is 14.8 Å². The summed E-state index contributed by atoms with van der Waals surface area (Å²) in [5, 5.41) is 3.43. The van der Waals surface area contributed by atoms with Gasteiger partial charge < -0.3 is 5.32 Å². The number of carbonyl (C=O) groups excluding carboxylic acids is 1. The molecule has 1 aliphatic rings. The molecule has 7 heteroatoms. The van der Waals surface area contributed by atoms with Gasteiger partial charge in [-0.2, -0.15) is 4.31 Å². The van der Waals surface area contributed by atoms with E-state index in [1.165, 1.54) is 4.31 Å². The number of rotatable bonds is 4. The third kappa shape index (κ3) is 4.26. The van der Waals surface area contributed by atoms with Crippen LogP contribution in [0.2, 0.25) is 5.02 Å². The fraction of sp³-hybridized carbons (Fsp3) is 0.316. The van der Waals surface area contributed by atoms with E-state index < -0.39 is 10.0 Å². The zero-order valence-electron chi connectivity index (χ0n) is 14.5. The summed E-state index contributed by atoms with van der Waals surface area (Å²) < 4.78 is 27.1. The molecule has 1 N–H and O–H groups in total. The first-order chi connectivity index (χ1) is 12.4. The largest absolute Gasteiger partial charge is 0.326 e. The van der Waals surface area contributed by atoms with E-state index in [0.717, 1.165) is 5.56 Å². The Bertz CT molecular complexity index is 880. The monoisotopic (exact) mass is 392 g/mol. The van der Waals surface area contributed by atoms with Crippen LogP contribution in [0.5, 0.6) is 0 Å². The van der Waals surface area contributed by atoms with Crippen molar-refractivity contribution < 1.29 is 13.2 Å². The van der Waals surface area contributed by atoms with Gasteiger partial charge in [0, 0.05) is 23.8 Å². The van der Waals surface area contributed by atoms with Crippen molar-refractivity contribution in [3.8, 4) is 0 Å². The van der Waals surface area contributed by atoms with E-state index in [-0.39, 0.29) is 23.3 Å². The summed E-state index contributed by atoms with van der Waals surface area (Å²) in [5.74, 6) is -0.546. The number of halogens is 1. The van der Waals surface area contributed by atoms with Crippen LogP contribution < -0.4 is 5.32 Å². The van der Waals surface area contributed by atoms with Crippen LogP contribution in [0.15, 0.2) is 53.4 Å². The van der Waals surface area contributed by atoms with Crippen LogP contribution in [0.3, 0.4) is 0 Å². The molecular weight excluding hydrogens is 372 g/mol. The highest BCUT2D eigenvalue weighted by Crippen LogP contribution is 2.25. The molecule has 0 saturated carbocycles. The van der Waals surface area contributed by atoms with E-state index in [1.807, 2.05) is 6.92 Å². The minimum Gasteiger partial charge on any atom is -0.326 e. The minimum atomic E-state index is -3.59. The van der Waals surface area contributed by atoms with Crippen LogP contribution in [0.4, 0.5) is 5.69 Å². The molecule has 5 nitrogen and oxygen atoms in total. The maximum atomic E-state index is 12.8. The molecule has 1 saturated heterocycles. The number of nitrogens with zero attached hydrogens (tertiary/aromatic N) is 1. The van der Waals surface area contributed by atoms with Gasteiger partial charge in [0.15, 0.2) is 0 Å². The van der Waals surface area contributed by atoms with E-state index in [0.29, 0.717) is 30.1 Å². The molecule has 3 rings (SSSR count). The molecule has 0 unspecified atom stereocenters. The van der Waals surface area contributed by atoms with Crippen LogP contribution in [0.1, 0.15) is 18.4 Å². The van der Waals surface area contributed by atoms with Gasteiger partial charge in [0.05, 0.1) is 10.8 Å². The fourth-order valence-electron chi connectivity index (χ4n) is 3.01. The second kappa shape index (κ2) is 7.78. The summed E-state index contributed by atoms with van der Waals surface area (Å²) in [6.45, 7) is 2.53. The predicted octanol–water partition coefficient (Wildman–Crippen LogP) is 3.69. The number of nitrogens with one attached hydrogen (secondary N) is 1. The van der Waals surface area contributed by atoms with Crippen molar-refractivity contribution in [1.29, 1.82) is 0 Å². The highest BCUT2D eigenvalue weighted by molar-refractivity contribution is 7.89. The van der Waals surface area contributed by atoms with Gasteiger partial charge in [-0.25, -0.2) is 8.42 Å². The second-order valence-electron chi connectivity index (χ2n) is 6.51. The lowest BCUT2D eigenvalue weighted by atomic mass is 9.99. The van der Waals surface area contributed by atoms with Gasteiger partial charge in [0.25, 0.3) is 0 Å². The summed E-state index contributed by atoms with van der Waals surface area (Å²) in [6.07, 6.45) is 1.32. The maximum absolute atomic E-state index is 12.8. The molecule has 2 aromatic carbocycles. The van der Waals surface area contributed by atoms with Crippen LogP contribution in [-0.4, -0.2) is 31.7 Å². The Morgan fingerprint density at radius 3 is 2.42 bits per heavy atom. The van der Waals surface area contributed by atoms with Crippen molar-refractivity contribution in [3.05, 3.63) is 59.1 Å². The Balaban J connectivity index is 1.71. The van der Waals surface area contributed by atoms with Crippen LogP contribution >= 0.6 is 11.6 Å². The van der Waals surface area contributed by atoms with Crippen LogP contribution in [0.25, 0.3) is 0 Å². The average Bonchev–Trinajstić information content (AvgIpc) is 2.64. The molecule has 0 bridgehead atoms. The van der Waals surface area contributed by atoms with E-state index in [2.05, 4.69) is 5.32 Å². The first kappa shape index (κ1) is 18.9. The number of amides is 1. The van der Waals surface area contributed by atoms with Gasteiger partial charge in [-0.05, 0) is 56.2 Å². The number of benzene rings is 2. The molecular formula is C19H21ClN2O3S. The summed E-state index contributed by atoms with van der Waals surface area (Å²) in [6, 6.07) is 13.6. The van der Waals surface area contributed by atoms with Gasteiger partial charge in [0.1, 0.15) is 0 Å². The first-order valence-electron chi connectivity index (χ1n) is 8.49. The molecule has 1 atom stereocenters. The van der Waals surface area contributed by atoms with Crippen molar-refractivity contribution >= 4 is 33.2 Å². The minimum absolute atomic E-state index is 0.170. The maximum Gasteiger partial charge on any atom is 0.243 e.